The highest BCUT2D eigenvalue weighted by Crippen LogP contribution is 2.30. The number of methoxy groups -OCH3 is 1. The zero-order valence-electron chi connectivity index (χ0n) is 15.4. The minimum absolute atomic E-state index is 0.368. The Kier molecular flexibility index (Phi) is 5.28. The fourth-order valence-electron chi connectivity index (χ4n) is 3.42. The van der Waals surface area contributed by atoms with Gasteiger partial charge in [0.25, 0.3) is 0 Å². The molecule has 0 saturated heterocycles. The van der Waals surface area contributed by atoms with Crippen molar-refractivity contribution >= 4 is 56.9 Å². The molecule has 5 nitrogen and oxygen atoms in total. The van der Waals surface area contributed by atoms with E-state index in [1.54, 1.807) is 13.2 Å². The molecule has 4 aromatic rings. The number of ether oxygens (including phenoxy) is 1. The van der Waals surface area contributed by atoms with E-state index in [0.29, 0.717) is 24.8 Å². The van der Waals surface area contributed by atoms with Crippen LogP contribution in [0.2, 0.25) is 0 Å². The molecule has 0 aliphatic carbocycles. The zero-order chi connectivity index (χ0) is 19.7. The van der Waals surface area contributed by atoms with Crippen LogP contribution in [0.25, 0.3) is 21.8 Å². The first kappa shape index (κ1) is 18.8. The van der Waals surface area contributed by atoms with E-state index in [4.69, 9.17) is 12.6 Å². The van der Waals surface area contributed by atoms with E-state index in [1.807, 2.05) is 36.4 Å². The van der Waals surface area contributed by atoms with Gasteiger partial charge in [-0.25, -0.2) is 0 Å². The molecule has 0 bridgehead atoms. The van der Waals surface area contributed by atoms with E-state index in [2.05, 4.69) is 42.9 Å². The number of anilines is 1. The second kappa shape index (κ2) is 7.85. The summed E-state index contributed by atoms with van der Waals surface area (Å²) in [6, 6.07) is 17.5. The summed E-state index contributed by atoms with van der Waals surface area (Å²) in [7, 11) is 7.58. The molecule has 140 valence electrons. The molecular formula is C21H19BBrN3O2. The van der Waals surface area contributed by atoms with E-state index >= 15 is 0 Å². The molecular weight excluding hydrogens is 417 g/mol. The molecule has 2 N–H and O–H groups in total. The third-order valence-electron chi connectivity index (χ3n) is 4.70. The van der Waals surface area contributed by atoms with Crippen LogP contribution >= 0.6 is 15.9 Å². The third kappa shape index (κ3) is 3.72. The second-order valence-electron chi connectivity index (χ2n) is 6.65. The molecule has 1 unspecified atom stereocenters. The summed E-state index contributed by atoms with van der Waals surface area (Å²) in [5.74, 6) is 1.20. The largest absolute Gasteiger partial charge is 0.481 e. The maximum Gasteiger partial charge on any atom is 0.214 e. The number of aliphatic hydroxyl groups excluding tert-OH is 1. The van der Waals surface area contributed by atoms with Crippen molar-refractivity contribution in [1.29, 1.82) is 0 Å². The summed E-state index contributed by atoms with van der Waals surface area (Å²) in [6.45, 7) is 0.815. The molecule has 2 heterocycles. The van der Waals surface area contributed by atoms with Gasteiger partial charge in [-0.15, -0.1) is 0 Å². The number of aliphatic hydroxyl groups is 1. The number of nitrogens with zero attached hydrogens (tertiary/aromatic N) is 2. The Morgan fingerprint density at radius 1 is 1.14 bits per heavy atom. The number of hydrogen-bond donors (Lipinski definition) is 2. The summed E-state index contributed by atoms with van der Waals surface area (Å²) >= 11 is 3.54. The average molecular weight is 436 g/mol. The predicted molar refractivity (Wildman–Crippen MR) is 118 cm³/mol. The summed E-state index contributed by atoms with van der Waals surface area (Å²) in [6.07, 6.45) is -0.604. The van der Waals surface area contributed by atoms with Crippen LogP contribution in [0.4, 0.5) is 5.82 Å². The topological polar surface area (TPSA) is 59.3 Å². The lowest BCUT2D eigenvalue weighted by atomic mass is 9.94. The highest BCUT2D eigenvalue weighted by Gasteiger charge is 2.14. The summed E-state index contributed by atoms with van der Waals surface area (Å²) in [4.78, 5) is 4.31. The molecule has 0 aliphatic rings. The molecule has 4 rings (SSSR count). The van der Waals surface area contributed by atoms with Gasteiger partial charge in [-0.05, 0) is 30.3 Å². The zero-order valence-corrected chi connectivity index (χ0v) is 17.0. The van der Waals surface area contributed by atoms with Crippen LogP contribution in [0.15, 0.2) is 59.1 Å². The number of rotatable bonds is 6. The van der Waals surface area contributed by atoms with Gasteiger partial charge in [0, 0.05) is 38.9 Å². The number of nitrogens with one attached hydrogen (secondary N) is 1. The first-order chi connectivity index (χ1) is 13.5. The standard InChI is InChI=1S/C21H19BBrN3O2/c1-28-21-4-2-3-20(25-21)24-11-15(27)12-26-18-7-5-13(22)9-16(18)17-10-14(23)6-8-19(17)26/h2-10,15,27H,11-12H2,1H3,(H,24,25). The highest BCUT2D eigenvalue weighted by molar-refractivity contribution is 9.10. The van der Waals surface area contributed by atoms with Gasteiger partial charge >= 0.3 is 0 Å². The van der Waals surface area contributed by atoms with Crippen LogP contribution in [0, 0.1) is 0 Å². The number of pyridine rings is 1. The van der Waals surface area contributed by atoms with E-state index in [-0.39, 0.29) is 0 Å². The molecule has 2 aromatic carbocycles. The number of aromatic nitrogens is 2. The molecule has 0 saturated carbocycles. The van der Waals surface area contributed by atoms with Crippen LogP contribution in [0.3, 0.4) is 0 Å². The fourth-order valence-corrected chi connectivity index (χ4v) is 3.78. The smallest absolute Gasteiger partial charge is 0.214 e. The Hall–Kier alpha value is -2.51. The summed E-state index contributed by atoms with van der Waals surface area (Å²) in [5, 5.41) is 16.0. The summed E-state index contributed by atoms with van der Waals surface area (Å²) < 4.78 is 8.26. The quantitative estimate of drug-likeness (QED) is 0.456. The van der Waals surface area contributed by atoms with Crippen LogP contribution in [0.5, 0.6) is 5.88 Å². The van der Waals surface area contributed by atoms with Crippen molar-refractivity contribution in [3.63, 3.8) is 0 Å². The van der Waals surface area contributed by atoms with Crippen LogP contribution < -0.4 is 15.5 Å². The van der Waals surface area contributed by atoms with Crippen molar-refractivity contribution in [1.82, 2.24) is 9.55 Å². The molecule has 0 fully saturated rings. The van der Waals surface area contributed by atoms with Gasteiger partial charge in [0.05, 0.1) is 19.8 Å². The van der Waals surface area contributed by atoms with Gasteiger partial charge in [-0.3, -0.25) is 0 Å². The number of halogens is 1. The first-order valence-corrected chi connectivity index (χ1v) is 9.74. The number of fused-ring (bicyclic) bond motifs is 3. The predicted octanol–water partition coefficient (Wildman–Crippen LogP) is 3.23. The SMILES string of the molecule is [B]c1ccc2c(c1)c1cc(Br)ccc1n2CC(O)CNc1cccc(OC)n1. The van der Waals surface area contributed by atoms with Crippen molar-refractivity contribution in [2.24, 2.45) is 0 Å². The lowest BCUT2D eigenvalue weighted by molar-refractivity contribution is 0.169. The lowest BCUT2D eigenvalue weighted by Crippen LogP contribution is -2.25. The van der Waals surface area contributed by atoms with E-state index in [9.17, 15) is 5.11 Å². The van der Waals surface area contributed by atoms with Gasteiger partial charge in [-0.2, -0.15) is 4.98 Å². The minimum Gasteiger partial charge on any atom is -0.481 e. The van der Waals surface area contributed by atoms with Gasteiger partial charge in [0.2, 0.25) is 5.88 Å². The normalized spacial score (nSPS) is 12.4. The molecule has 0 amide bonds. The van der Waals surface area contributed by atoms with Crippen molar-refractivity contribution < 1.29 is 9.84 Å². The molecule has 2 aromatic heterocycles. The van der Waals surface area contributed by atoms with E-state index in [0.717, 1.165) is 31.7 Å². The maximum atomic E-state index is 10.7. The van der Waals surface area contributed by atoms with Crippen LogP contribution in [0.1, 0.15) is 0 Å². The molecule has 1 atom stereocenters. The number of hydrogen-bond acceptors (Lipinski definition) is 4. The van der Waals surface area contributed by atoms with Gasteiger partial charge < -0.3 is 19.7 Å². The van der Waals surface area contributed by atoms with Gasteiger partial charge in [-0.1, -0.05) is 39.6 Å². The van der Waals surface area contributed by atoms with Gasteiger partial charge in [0.15, 0.2) is 0 Å². The molecule has 7 heteroatoms. The van der Waals surface area contributed by atoms with Crippen molar-refractivity contribution in [2.75, 3.05) is 19.0 Å². The maximum absolute atomic E-state index is 10.7. The Labute approximate surface area is 172 Å². The molecule has 0 aliphatic heterocycles. The summed E-state index contributed by atoms with van der Waals surface area (Å²) in [5.41, 5.74) is 2.82. The molecule has 0 spiro atoms. The van der Waals surface area contributed by atoms with Crippen LogP contribution in [-0.4, -0.2) is 42.3 Å². The van der Waals surface area contributed by atoms with Crippen LogP contribution in [-0.2, 0) is 6.54 Å². The Bertz CT molecular complexity index is 1090. The first-order valence-electron chi connectivity index (χ1n) is 8.95. The second-order valence-corrected chi connectivity index (χ2v) is 7.56. The van der Waals surface area contributed by atoms with Crippen molar-refractivity contribution in [3.05, 3.63) is 59.1 Å². The van der Waals surface area contributed by atoms with Crippen molar-refractivity contribution in [2.45, 2.75) is 12.6 Å². The Morgan fingerprint density at radius 2 is 1.89 bits per heavy atom. The lowest BCUT2D eigenvalue weighted by Gasteiger charge is -2.15. The Balaban J connectivity index is 1.61. The molecule has 2 radical (unpaired) electrons. The average Bonchev–Trinajstić information content (AvgIpc) is 2.99. The highest BCUT2D eigenvalue weighted by atomic mass is 79.9. The third-order valence-corrected chi connectivity index (χ3v) is 5.19. The van der Waals surface area contributed by atoms with E-state index < -0.39 is 6.10 Å². The molecule has 28 heavy (non-hydrogen) atoms. The Morgan fingerprint density at radius 3 is 2.68 bits per heavy atom. The number of benzene rings is 2. The monoisotopic (exact) mass is 435 g/mol. The van der Waals surface area contributed by atoms with E-state index in [1.165, 1.54) is 0 Å². The van der Waals surface area contributed by atoms with Gasteiger partial charge in [0.1, 0.15) is 13.7 Å². The van der Waals surface area contributed by atoms with Crippen molar-refractivity contribution in [3.8, 4) is 5.88 Å². The minimum atomic E-state index is -0.604. The fraction of sp³-hybridized carbons (Fsp3) is 0.190.